The first kappa shape index (κ1) is 10.2. The molecule has 80 valence electrons. The van der Waals surface area contributed by atoms with E-state index in [1.807, 2.05) is 6.33 Å². The third-order valence-electron chi connectivity index (χ3n) is 2.80. The predicted octanol–water partition coefficient (Wildman–Crippen LogP) is 3.31. The Bertz CT molecular complexity index is 480. The van der Waals surface area contributed by atoms with Gasteiger partial charge in [-0.05, 0) is 43.0 Å². The van der Waals surface area contributed by atoms with Crippen molar-refractivity contribution >= 4 is 11.0 Å². The summed E-state index contributed by atoms with van der Waals surface area (Å²) in [6, 6.07) is 4.40. The van der Waals surface area contributed by atoms with Gasteiger partial charge in [0.2, 0.25) is 0 Å². The summed E-state index contributed by atoms with van der Waals surface area (Å²) < 4.78 is 2.24. The molecular formula is C13H18N2. The van der Waals surface area contributed by atoms with Gasteiger partial charge in [0.05, 0.1) is 17.4 Å². The second-order valence-electron chi connectivity index (χ2n) is 4.72. The highest BCUT2D eigenvalue weighted by molar-refractivity contribution is 5.77. The molecule has 1 aromatic heterocycles. The number of aromatic nitrogens is 2. The van der Waals surface area contributed by atoms with Crippen LogP contribution in [0.5, 0.6) is 0 Å². The maximum atomic E-state index is 4.44. The molecule has 0 radical (unpaired) electrons. The van der Waals surface area contributed by atoms with Gasteiger partial charge in [-0.25, -0.2) is 4.98 Å². The van der Waals surface area contributed by atoms with Crippen LogP contribution in [0.25, 0.3) is 11.0 Å². The zero-order chi connectivity index (χ0) is 11.0. The maximum absolute atomic E-state index is 4.44. The molecule has 0 amide bonds. The van der Waals surface area contributed by atoms with Crippen molar-refractivity contribution in [2.45, 2.75) is 34.2 Å². The van der Waals surface area contributed by atoms with Gasteiger partial charge >= 0.3 is 0 Å². The molecule has 0 N–H and O–H groups in total. The Kier molecular flexibility index (Phi) is 2.51. The van der Waals surface area contributed by atoms with E-state index in [0.717, 1.165) is 12.1 Å². The molecule has 1 heterocycles. The highest BCUT2D eigenvalue weighted by Crippen LogP contribution is 2.19. The molecule has 15 heavy (non-hydrogen) atoms. The minimum Gasteiger partial charge on any atom is -0.330 e. The lowest BCUT2D eigenvalue weighted by molar-refractivity contribution is 0.533. The molecule has 0 unspecified atom stereocenters. The molecule has 0 atom stereocenters. The van der Waals surface area contributed by atoms with Crippen molar-refractivity contribution in [1.29, 1.82) is 0 Å². The maximum Gasteiger partial charge on any atom is 0.0958 e. The molecule has 2 aromatic rings. The van der Waals surface area contributed by atoms with Gasteiger partial charge in [0, 0.05) is 6.54 Å². The van der Waals surface area contributed by atoms with E-state index in [2.05, 4.69) is 49.4 Å². The molecule has 0 saturated heterocycles. The lowest BCUT2D eigenvalue weighted by Gasteiger charge is -2.08. The lowest BCUT2D eigenvalue weighted by atomic mass is 10.1. The minimum atomic E-state index is 0.656. The Labute approximate surface area is 90.9 Å². The van der Waals surface area contributed by atoms with Gasteiger partial charge in [-0.1, -0.05) is 13.8 Å². The average Bonchev–Trinajstić information content (AvgIpc) is 2.49. The lowest BCUT2D eigenvalue weighted by Crippen LogP contribution is -2.02. The van der Waals surface area contributed by atoms with Gasteiger partial charge in [0.1, 0.15) is 0 Å². The Balaban J connectivity index is 2.54. The number of imidazole rings is 1. The summed E-state index contributed by atoms with van der Waals surface area (Å²) in [5, 5.41) is 0. The number of nitrogens with zero attached hydrogens (tertiary/aromatic N) is 2. The third kappa shape index (κ3) is 1.89. The van der Waals surface area contributed by atoms with E-state index in [1.165, 1.54) is 16.6 Å². The van der Waals surface area contributed by atoms with Crippen LogP contribution in [-0.4, -0.2) is 9.55 Å². The summed E-state index contributed by atoms with van der Waals surface area (Å²) in [5.74, 6) is 0.656. The standard InChI is InChI=1S/C13H18N2/c1-9(2)7-15-8-14-12-5-10(3)11(4)6-13(12)15/h5-6,8-9H,7H2,1-4H3. The van der Waals surface area contributed by atoms with Gasteiger partial charge in [-0.3, -0.25) is 0 Å². The van der Waals surface area contributed by atoms with Crippen molar-refractivity contribution in [3.8, 4) is 0 Å². The van der Waals surface area contributed by atoms with Crippen molar-refractivity contribution in [3.63, 3.8) is 0 Å². The van der Waals surface area contributed by atoms with E-state index in [4.69, 9.17) is 0 Å². The second-order valence-corrected chi connectivity index (χ2v) is 4.72. The third-order valence-corrected chi connectivity index (χ3v) is 2.80. The van der Waals surface area contributed by atoms with Crippen LogP contribution in [-0.2, 0) is 6.54 Å². The molecule has 0 aliphatic heterocycles. The van der Waals surface area contributed by atoms with Crippen molar-refractivity contribution in [1.82, 2.24) is 9.55 Å². The van der Waals surface area contributed by atoms with Crippen LogP contribution >= 0.6 is 0 Å². The van der Waals surface area contributed by atoms with Crippen LogP contribution in [0.1, 0.15) is 25.0 Å². The van der Waals surface area contributed by atoms with Crippen LogP contribution < -0.4 is 0 Å². The Morgan fingerprint density at radius 3 is 2.53 bits per heavy atom. The Morgan fingerprint density at radius 1 is 1.20 bits per heavy atom. The Morgan fingerprint density at radius 2 is 1.87 bits per heavy atom. The number of hydrogen-bond donors (Lipinski definition) is 0. The Hall–Kier alpha value is -1.31. The van der Waals surface area contributed by atoms with E-state index in [1.54, 1.807) is 0 Å². The van der Waals surface area contributed by atoms with E-state index in [0.29, 0.717) is 5.92 Å². The highest BCUT2D eigenvalue weighted by atomic mass is 15.0. The number of fused-ring (bicyclic) bond motifs is 1. The van der Waals surface area contributed by atoms with Crippen LogP contribution in [0.4, 0.5) is 0 Å². The quantitative estimate of drug-likeness (QED) is 0.730. The van der Waals surface area contributed by atoms with Crippen molar-refractivity contribution in [3.05, 3.63) is 29.6 Å². The topological polar surface area (TPSA) is 17.8 Å². The summed E-state index contributed by atoms with van der Waals surface area (Å²) in [5.41, 5.74) is 5.02. The summed E-state index contributed by atoms with van der Waals surface area (Å²) in [6.45, 7) is 9.79. The fraction of sp³-hybridized carbons (Fsp3) is 0.462. The monoisotopic (exact) mass is 202 g/mol. The zero-order valence-electron chi connectivity index (χ0n) is 9.91. The summed E-state index contributed by atoms with van der Waals surface area (Å²) in [6.07, 6.45) is 1.95. The summed E-state index contributed by atoms with van der Waals surface area (Å²) in [4.78, 5) is 4.44. The SMILES string of the molecule is Cc1cc2ncn(CC(C)C)c2cc1C. The second kappa shape index (κ2) is 3.69. The van der Waals surface area contributed by atoms with Crippen LogP contribution in [0.2, 0.25) is 0 Å². The van der Waals surface area contributed by atoms with Crippen molar-refractivity contribution in [2.75, 3.05) is 0 Å². The molecule has 0 aliphatic carbocycles. The fourth-order valence-electron chi connectivity index (χ4n) is 1.85. The summed E-state index contributed by atoms with van der Waals surface area (Å²) in [7, 11) is 0. The summed E-state index contributed by atoms with van der Waals surface area (Å²) >= 11 is 0. The molecule has 2 heteroatoms. The van der Waals surface area contributed by atoms with Gasteiger partial charge in [0.25, 0.3) is 0 Å². The number of benzene rings is 1. The minimum absolute atomic E-state index is 0.656. The van der Waals surface area contributed by atoms with E-state index in [-0.39, 0.29) is 0 Å². The molecule has 0 aliphatic rings. The first-order chi connectivity index (χ1) is 7.08. The van der Waals surface area contributed by atoms with E-state index < -0.39 is 0 Å². The first-order valence-electron chi connectivity index (χ1n) is 5.50. The van der Waals surface area contributed by atoms with Crippen LogP contribution in [0.3, 0.4) is 0 Å². The van der Waals surface area contributed by atoms with Gasteiger partial charge in [0.15, 0.2) is 0 Å². The van der Waals surface area contributed by atoms with E-state index in [9.17, 15) is 0 Å². The van der Waals surface area contributed by atoms with Crippen molar-refractivity contribution in [2.24, 2.45) is 5.92 Å². The number of aryl methyl sites for hydroxylation is 2. The molecular weight excluding hydrogens is 184 g/mol. The molecule has 2 nitrogen and oxygen atoms in total. The van der Waals surface area contributed by atoms with Gasteiger partial charge in [-0.2, -0.15) is 0 Å². The molecule has 2 rings (SSSR count). The average molecular weight is 202 g/mol. The smallest absolute Gasteiger partial charge is 0.0958 e. The first-order valence-corrected chi connectivity index (χ1v) is 5.50. The largest absolute Gasteiger partial charge is 0.330 e. The van der Waals surface area contributed by atoms with Gasteiger partial charge < -0.3 is 4.57 Å². The predicted molar refractivity (Wildman–Crippen MR) is 64.0 cm³/mol. The molecule has 0 spiro atoms. The molecule has 1 aromatic carbocycles. The molecule has 0 fully saturated rings. The number of rotatable bonds is 2. The van der Waals surface area contributed by atoms with E-state index >= 15 is 0 Å². The normalized spacial score (nSPS) is 11.5. The molecule has 0 saturated carbocycles. The zero-order valence-corrected chi connectivity index (χ0v) is 9.91. The van der Waals surface area contributed by atoms with Crippen molar-refractivity contribution < 1.29 is 0 Å². The van der Waals surface area contributed by atoms with Crippen LogP contribution in [0.15, 0.2) is 18.5 Å². The molecule has 0 bridgehead atoms. The fourth-order valence-corrected chi connectivity index (χ4v) is 1.85. The van der Waals surface area contributed by atoms with Gasteiger partial charge in [-0.15, -0.1) is 0 Å². The number of hydrogen-bond acceptors (Lipinski definition) is 1. The highest BCUT2D eigenvalue weighted by Gasteiger charge is 2.05. The van der Waals surface area contributed by atoms with Crippen LogP contribution in [0, 0.1) is 19.8 Å².